The van der Waals surface area contributed by atoms with E-state index in [1.54, 1.807) is 43.5 Å². The lowest BCUT2D eigenvalue weighted by molar-refractivity contribution is 0.0713. The molecule has 8 heteroatoms. The van der Waals surface area contributed by atoms with E-state index in [1.807, 2.05) is 17.0 Å². The van der Waals surface area contributed by atoms with Crippen molar-refractivity contribution in [1.82, 2.24) is 9.88 Å². The molecule has 0 spiro atoms. The van der Waals surface area contributed by atoms with Crippen LogP contribution in [0.1, 0.15) is 34.7 Å². The van der Waals surface area contributed by atoms with E-state index in [0.717, 1.165) is 18.4 Å². The van der Waals surface area contributed by atoms with Crippen LogP contribution < -0.4 is 9.46 Å². The van der Waals surface area contributed by atoms with Gasteiger partial charge >= 0.3 is 0 Å². The number of aromatic amines is 1. The first-order chi connectivity index (χ1) is 16.9. The zero-order valence-electron chi connectivity index (χ0n) is 19.4. The van der Waals surface area contributed by atoms with Gasteiger partial charge in [0.15, 0.2) is 0 Å². The second-order valence-corrected chi connectivity index (χ2v) is 10.4. The van der Waals surface area contributed by atoms with Crippen molar-refractivity contribution in [2.75, 3.05) is 24.9 Å². The topological polar surface area (TPSA) is 91.5 Å². The molecule has 4 aromatic rings. The average molecular weight is 490 g/mol. The normalized spacial score (nSPS) is 14.7. The number of para-hydroxylation sites is 1. The summed E-state index contributed by atoms with van der Waals surface area (Å²) in [5.74, 6) is 0.869. The Bertz CT molecular complexity index is 1450. The number of nitrogens with one attached hydrogen (secondary N) is 2. The van der Waals surface area contributed by atoms with Gasteiger partial charge in [0.05, 0.1) is 12.0 Å². The minimum atomic E-state index is -3.84. The highest BCUT2D eigenvalue weighted by molar-refractivity contribution is 7.92. The highest BCUT2D eigenvalue weighted by atomic mass is 32.2. The fourth-order valence-electron chi connectivity index (χ4n) is 4.68. The minimum Gasteiger partial charge on any atom is -0.497 e. The summed E-state index contributed by atoms with van der Waals surface area (Å²) in [4.78, 5) is 18.4. The lowest BCUT2D eigenvalue weighted by atomic mass is 9.89. The summed E-state index contributed by atoms with van der Waals surface area (Å²) in [7, 11) is -2.30. The molecule has 35 heavy (non-hydrogen) atoms. The molecule has 2 N–H and O–H groups in total. The van der Waals surface area contributed by atoms with E-state index in [4.69, 9.17) is 4.74 Å². The van der Waals surface area contributed by atoms with E-state index < -0.39 is 10.0 Å². The second-order valence-electron chi connectivity index (χ2n) is 8.72. The number of carbonyl (C=O) groups is 1. The molecule has 180 valence electrons. The molecule has 1 amide bonds. The Morgan fingerprint density at radius 3 is 2.49 bits per heavy atom. The van der Waals surface area contributed by atoms with Gasteiger partial charge in [-0.15, -0.1) is 0 Å². The Balaban J connectivity index is 1.27. The lowest BCUT2D eigenvalue weighted by Gasteiger charge is -2.32. The van der Waals surface area contributed by atoms with Gasteiger partial charge < -0.3 is 14.6 Å². The molecule has 1 fully saturated rings. The first-order valence-corrected chi connectivity index (χ1v) is 13.0. The summed E-state index contributed by atoms with van der Waals surface area (Å²) >= 11 is 0. The molecule has 0 atom stereocenters. The number of sulfonamides is 1. The molecule has 2 heterocycles. The molecule has 1 aliphatic rings. The Morgan fingerprint density at radius 1 is 1.00 bits per heavy atom. The predicted molar refractivity (Wildman–Crippen MR) is 136 cm³/mol. The van der Waals surface area contributed by atoms with Gasteiger partial charge in [0.25, 0.3) is 15.9 Å². The van der Waals surface area contributed by atoms with Crippen molar-refractivity contribution in [2.24, 2.45) is 0 Å². The van der Waals surface area contributed by atoms with Crippen LogP contribution in [0.3, 0.4) is 0 Å². The molecule has 1 aliphatic heterocycles. The van der Waals surface area contributed by atoms with Crippen LogP contribution in [-0.2, 0) is 10.0 Å². The van der Waals surface area contributed by atoms with Gasteiger partial charge in [-0.3, -0.25) is 9.52 Å². The van der Waals surface area contributed by atoms with Crippen molar-refractivity contribution in [3.05, 3.63) is 90.1 Å². The van der Waals surface area contributed by atoms with E-state index in [-0.39, 0.29) is 10.8 Å². The number of piperidine rings is 1. The van der Waals surface area contributed by atoms with Gasteiger partial charge in [-0.05, 0) is 72.9 Å². The number of rotatable bonds is 6. The zero-order chi connectivity index (χ0) is 24.4. The number of likely N-dealkylation sites (tertiary alicyclic amines) is 1. The molecule has 1 aromatic heterocycles. The van der Waals surface area contributed by atoms with Gasteiger partial charge in [-0.25, -0.2) is 8.42 Å². The standard InChI is InChI=1S/C27H27N3O4S/c1-34-22-11-9-21(10-12-22)29-35(32,33)23-6-4-5-20(17-23)27(31)30-15-13-19(14-16-30)25-18-28-26-8-3-2-7-24(25)26/h2-12,17-19,28-29H,13-16H2,1H3. The summed E-state index contributed by atoms with van der Waals surface area (Å²) in [6, 6.07) is 21.1. The maximum atomic E-state index is 13.2. The third-order valence-corrected chi connectivity index (χ3v) is 7.96. The third kappa shape index (κ3) is 4.74. The first-order valence-electron chi connectivity index (χ1n) is 11.6. The number of ether oxygens (including phenoxy) is 1. The molecule has 0 radical (unpaired) electrons. The average Bonchev–Trinajstić information content (AvgIpc) is 3.33. The van der Waals surface area contributed by atoms with Crippen molar-refractivity contribution in [3.8, 4) is 5.75 Å². The Labute approximate surface area is 204 Å². The van der Waals surface area contributed by atoms with Crippen molar-refractivity contribution in [3.63, 3.8) is 0 Å². The van der Waals surface area contributed by atoms with Crippen molar-refractivity contribution in [1.29, 1.82) is 0 Å². The number of fused-ring (bicyclic) bond motifs is 1. The fraction of sp³-hybridized carbons (Fsp3) is 0.222. The van der Waals surface area contributed by atoms with Gasteiger partial charge in [0, 0.05) is 41.4 Å². The van der Waals surface area contributed by atoms with Crippen LogP contribution in [0.15, 0.2) is 83.9 Å². The maximum Gasteiger partial charge on any atom is 0.261 e. The number of anilines is 1. The summed E-state index contributed by atoms with van der Waals surface area (Å²) in [5.41, 5.74) is 3.21. The second kappa shape index (κ2) is 9.46. The molecular formula is C27H27N3O4S. The zero-order valence-corrected chi connectivity index (χ0v) is 20.2. The number of amides is 1. The molecular weight excluding hydrogens is 462 g/mol. The monoisotopic (exact) mass is 489 g/mol. The number of aromatic nitrogens is 1. The fourth-order valence-corrected chi connectivity index (χ4v) is 5.78. The van der Waals surface area contributed by atoms with Crippen LogP contribution in [0.25, 0.3) is 10.9 Å². The molecule has 0 aliphatic carbocycles. The molecule has 5 rings (SSSR count). The number of hydrogen-bond acceptors (Lipinski definition) is 4. The van der Waals surface area contributed by atoms with Gasteiger partial charge in [-0.2, -0.15) is 0 Å². The maximum absolute atomic E-state index is 13.2. The number of nitrogens with zero attached hydrogens (tertiary/aromatic N) is 1. The third-order valence-electron chi connectivity index (χ3n) is 6.58. The summed E-state index contributed by atoms with van der Waals surface area (Å²) in [5, 5.41) is 1.24. The van der Waals surface area contributed by atoms with Crippen molar-refractivity contribution >= 4 is 32.5 Å². The smallest absolute Gasteiger partial charge is 0.261 e. The molecule has 0 saturated carbocycles. The van der Waals surface area contributed by atoms with Gasteiger partial charge in [0.1, 0.15) is 5.75 Å². The number of methoxy groups -OCH3 is 1. The van der Waals surface area contributed by atoms with Crippen LogP contribution >= 0.6 is 0 Å². The van der Waals surface area contributed by atoms with Crippen LogP contribution in [-0.4, -0.2) is 44.4 Å². The lowest BCUT2D eigenvalue weighted by Crippen LogP contribution is -2.38. The number of benzene rings is 3. The van der Waals surface area contributed by atoms with Crippen molar-refractivity contribution in [2.45, 2.75) is 23.7 Å². The first kappa shape index (κ1) is 23.0. The van der Waals surface area contributed by atoms with E-state index in [2.05, 4.69) is 28.0 Å². The van der Waals surface area contributed by atoms with Crippen LogP contribution in [0, 0.1) is 0 Å². The highest BCUT2D eigenvalue weighted by Gasteiger charge is 2.27. The SMILES string of the molecule is COc1ccc(NS(=O)(=O)c2cccc(C(=O)N3CCC(c4c[nH]c5ccccc45)CC3)c2)cc1. The number of hydrogen-bond donors (Lipinski definition) is 2. The van der Waals surface area contributed by atoms with Crippen molar-refractivity contribution < 1.29 is 17.9 Å². The quantitative estimate of drug-likeness (QED) is 0.399. The largest absolute Gasteiger partial charge is 0.497 e. The van der Waals surface area contributed by atoms with E-state index in [1.165, 1.54) is 23.1 Å². The molecule has 1 saturated heterocycles. The predicted octanol–water partition coefficient (Wildman–Crippen LogP) is 5.00. The van der Waals surface area contributed by atoms with E-state index in [0.29, 0.717) is 36.0 Å². The summed E-state index contributed by atoms with van der Waals surface area (Å²) in [6.07, 6.45) is 3.81. The van der Waals surface area contributed by atoms with E-state index >= 15 is 0 Å². The number of H-pyrrole nitrogens is 1. The van der Waals surface area contributed by atoms with Crippen LogP contribution in [0.2, 0.25) is 0 Å². The van der Waals surface area contributed by atoms with Gasteiger partial charge in [-0.1, -0.05) is 24.3 Å². The Hall–Kier alpha value is -3.78. The Morgan fingerprint density at radius 2 is 1.74 bits per heavy atom. The Kier molecular flexibility index (Phi) is 6.21. The molecule has 7 nitrogen and oxygen atoms in total. The highest BCUT2D eigenvalue weighted by Crippen LogP contribution is 2.33. The van der Waals surface area contributed by atoms with Crippen LogP contribution in [0.5, 0.6) is 5.75 Å². The molecule has 3 aromatic carbocycles. The van der Waals surface area contributed by atoms with Crippen LogP contribution in [0.4, 0.5) is 5.69 Å². The number of carbonyl (C=O) groups excluding carboxylic acids is 1. The van der Waals surface area contributed by atoms with E-state index in [9.17, 15) is 13.2 Å². The van der Waals surface area contributed by atoms with Gasteiger partial charge in [0.2, 0.25) is 0 Å². The summed E-state index contributed by atoms with van der Waals surface area (Å²) in [6.45, 7) is 1.26. The molecule has 0 unspecified atom stereocenters. The summed E-state index contributed by atoms with van der Waals surface area (Å²) < 4.78 is 33.5. The molecule has 0 bridgehead atoms. The minimum absolute atomic E-state index is 0.0489.